The summed E-state index contributed by atoms with van der Waals surface area (Å²) in [5.41, 5.74) is 0.131. The van der Waals surface area contributed by atoms with E-state index in [0.717, 1.165) is 12.8 Å². The average Bonchev–Trinajstić information content (AvgIpc) is 2.56. The lowest BCUT2D eigenvalue weighted by Gasteiger charge is -2.09. The Morgan fingerprint density at radius 1 is 1.45 bits per heavy atom. The fraction of sp³-hybridized carbons (Fsp3) is 0.889. The number of rotatable bonds is 3. The van der Waals surface area contributed by atoms with Gasteiger partial charge in [0.2, 0.25) is 0 Å². The van der Waals surface area contributed by atoms with Crippen LogP contribution in [0.2, 0.25) is 0 Å². The van der Waals surface area contributed by atoms with Crippen LogP contribution in [0.15, 0.2) is 0 Å². The molecule has 0 radical (unpaired) electrons. The maximum absolute atomic E-state index is 10.7. The molecule has 0 amide bonds. The Kier molecular flexibility index (Phi) is 1.95. The maximum Gasteiger partial charge on any atom is 0.307 e. The summed E-state index contributed by atoms with van der Waals surface area (Å²) in [6, 6.07) is 0. The molecule has 0 bridgehead atoms. The van der Waals surface area contributed by atoms with E-state index in [2.05, 4.69) is 13.8 Å². The summed E-state index contributed by atoms with van der Waals surface area (Å²) in [6.07, 6.45) is 2.00. The Labute approximate surface area is 67.6 Å². The summed E-state index contributed by atoms with van der Waals surface area (Å²) in [5.74, 6) is -0.298. The zero-order valence-corrected chi connectivity index (χ0v) is 7.42. The van der Waals surface area contributed by atoms with E-state index in [0.29, 0.717) is 5.92 Å². The molecule has 1 fully saturated rings. The predicted molar refractivity (Wildman–Crippen MR) is 43.3 cm³/mol. The molecule has 1 aliphatic rings. The van der Waals surface area contributed by atoms with Crippen LogP contribution in [0.3, 0.4) is 0 Å². The van der Waals surface area contributed by atoms with Gasteiger partial charge in [0.1, 0.15) is 0 Å². The second-order valence-corrected chi connectivity index (χ2v) is 3.54. The summed E-state index contributed by atoms with van der Waals surface area (Å²) >= 11 is 0. The number of hydrogen-bond donors (Lipinski definition) is 1. The normalized spacial score (nSPS) is 33.4. The van der Waals surface area contributed by atoms with E-state index in [9.17, 15) is 4.79 Å². The molecule has 0 saturated heterocycles. The second-order valence-electron chi connectivity index (χ2n) is 3.54. The molecule has 0 aromatic carbocycles. The first kappa shape index (κ1) is 8.57. The molecule has 2 heteroatoms. The van der Waals surface area contributed by atoms with Crippen molar-refractivity contribution in [3.05, 3.63) is 0 Å². The van der Waals surface area contributed by atoms with Gasteiger partial charge >= 0.3 is 5.97 Å². The molecule has 1 rings (SSSR count). The predicted octanol–water partition coefficient (Wildman–Crippen LogP) is 2.14. The van der Waals surface area contributed by atoms with Gasteiger partial charge in [-0.1, -0.05) is 20.8 Å². The van der Waals surface area contributed by atoms with E-state index in [1.54, 1.807) is 0 Å². The molecule has 1 saturated carbocycles. The van der Waals surface area contributed by atoms with E-state index in [-0.39, 0.29) is 11.3 Å². The smallest absolute Gasteiger partial charge is 0.307 e. The SMILES string of the molecule is CCC1(CC)C(C)C1C(=O)O. The minimum atomic E-state index is -0.610. The summed E-state index contributed by atoms with van der Waals surface area (Å²) in [5, 5.41) is 8.82. The number of carboxylic acids is 1. The minimum Gasteiger partial charge on any atom is -0.481 e. The highest BCUT2D eigenvalue weighted by molar-refractivity contribution is 5.75. The van der Waals surface area contributed by atoms with Crippen molar-refractivity contribution in [3.63, 3.8) is 0 Å². The standard InChI is InChI=1S/C9H16O2/c1-4-9(5-2)6(3)7(9)8(10)11/h6-7H,4-5H2,1-3H3,(H,10,11). The molecular formula is C9H16O2. The monoisotopic (exact) mass is 156 g/mol. The van der Waals surface area contributed by atoms with Crippen molar-refractivity contribution in [2.45, 2.75) is 33.6 Å². The van der Waals surface area contributed by atoms with Crippen molar-refractivity contribution >= 4 is 5.97 Å². The third-order valence-electron chi connectivity index (χ3n) is 3.50. The van der Waals surface area contributed by atoms with E-state index in [1.807, 2.05) is 6.92 Å². The third kappa shape index (κ3) is 0.959. The molecule has 0 aliphatic heterocycles. The Morgan fingerprint density at radius 3 is 2.00 bits per heavy atom. The molecule has 0 aromatic heterocycles. The van der Waals surface area contributed by atoms with Crippen LogP contribution in [0, 0.1) is 17.3 Å². The lowest BCUT2D eigenvalue weighted by molar-refractivity contribution is -0.139. The van der Waals surface area contributed by atoms with Gasteiger partial charge in [0.05, 0.1) is 5.92 Å². The molecule has 64 valence electrons. The quantitative estimate of drug-likeness (QED) is 0.679. The largest absolute Gasteiger partial charge is 0.481 e. The Hall–Kier alpha value is -0.530. The Bertz CT molecular complexity index is 170. The van der Waals surface area contributed by atoms with Crippen LogP contribution >= 0.6 is 0 Å². The van der Waals surface area contributed by atoms with E-state index < -0.39 is 5.97 Å². The maximum atomic E-state index is 10.7. The van der Waals surface area contributed by atoms with Crippen LogP contribution in [0.25, 0.3) is 0 Å². The van der Waals surface area contributed by atoms with Crippen molar-refractivity contribution in [2.75, 3.05) is 0 Å². The first-order valence-corrected chi connectivity index (χ1v) is 4.33. The molecule has 0 spiro atoms. The number of hydrogen-bond acceptors (Lipinski definition) is 1. The summed E-state index contributed by atoms with van der Waals surface area (Å²) in [4.78, 5) is 10.7. The van der Waals surface area contributed by atoms with Crippen LogP contribution in [-0.4, -0.2) is 11.1 Å². The average molecular weight is 156 g/mol. The molecule has 1 N–H and O–H groups in total. The summed E-state index contributed by atoms with van der Waals surface area (Å²) in [6.45, 7) is 6.22. The van der Waals surface area contributed by atoms with Gasteiger partial charge in [-0.25, -0.2) is 0 Å². The van der Waals surface area contributed by atoms with Gasteiger partial charge in [-0.05, 0) is 24.2 Å². The van der Waals surface area contributed by atoms with Crippen LogP contribution in [0.4, 0.5) is 0 Å². The topological polar surface area (TPSA) is 37.3 Å². The van der Waals surface area contributed by atoms with Gasteiger partial charge in [0, 0.05) is 0 Å². The first-order valence-electron chi connectivity index (χ1n) is 4.33. The van der Waals surface area contributed by atoms with Gasteiger partial charge in [-0.2, -0.15) is 0 Å². The highest BCUT2D eigenvalue weighted by atomic mass is 16.4. The van der Waals surface area contributed by atoms with Gasteiger partial charge in [-0.3, -0.25) is 4.79 Å². The van der Waals surface area contributed by atoms with Crippen molar-refractivity contribution in [2.24, 2.45) is 17.3 Å². The highest BCUT2D eigenvalue weighted by Crippen LogP contribution is 2.62. The van der Waals surface area contributed by atoms with Gasteiger partial charge < -0.3 is 5.11 Å². The minimum absolute atomic E-state index is 0.0718. The van der Waals surface area contributed by atoms with Crippen LogP contribution in [0.1, 0.15) is 33.6 Å². The van der Waals surface area contributed by atoms with Crippen LogP contribution in [0.5, 0.6) is 0 Å². The van der Waals surface area contributed by atoms with E-state index in [4.69, 9.17) is 5.11 Å². The van der Waals surface area contributed by atoms with Crippen molar-refractivity contribution in [1.29, 1.82) is 0 Å². The summed E-state index contributed by atoms with van der Waals surface area (Å²) < 4.78 is 0. The fourth-order valence-electron chi connectivity index (χ4n) is 2.49. The lowest BCUT2D eigenvalue weighted by Crippen LogP contribution is -2.08. The van der Waals surface area contributed by atoms with Crippen LogP contribution in [-0.2, 0) is 4.79 Å². The second kappa shape index (κ2) is 2.50. The van der Waals surface area contributed by atoms with E-state index in [1.165, 1.54) is 0 Å². The molecule has 1 aliphatic carbocycles. The molecular weight excluding hydrogens is 140 g/mol. The zero-order chi connectivity index (χ0) is 8.65. The van der Waals surface area contributed by atoms with Crippen molar-refractivity contribution < 1.29 is 9.90 Å². The number of aliphatic carboxylic acids is 1. The molecule has 2 unspecified atom stereocenters. The molecule has 2 atom stereocenters. The van der Waals surface area contributed by atoms with Crippen LogP contribution < -0.4 is 0 Å². The summed E-state index contributed by atoms with van der Waals surface area (Å²) in [7, 11) is 0. The highest BCUT2D eigenvalue weighted by Gasteiger charge is 2.63. The van der Waals surface area contributed by atoms with E-state index >= 15 is 0 Å². The lowest BCUT2D eigenvalue weighted by atomic mass is 9.95. The van der Waals surface area contributed by atoms with Crippen molar-refractivity contribution in [3.8, 4) is 0 Å². The van der Waals surface area contributed by atoms with Gasteiger partial charge in [0.15, 0.2) is 0 Å². The number of carboxylic acid groups (broad SMARTS) is 1. The third-order valence-corrected chi connectivity index (χ3v) is 3.50. The molecule has 11 heavy (non-hydrogen) atoms. The van der Waals surface area contributed by atoms with Gasteiger partial charge in [0.25, 0.3) is 0 Å². The van der Waals surface area contributed by atoms with Gasteiger partial charge in [-0.15, -0.1) is 0 Å². The molecule has 0 aromatic rings. The Morgan fingerprint density at radius 2 is 1.91 bits per heavy atom. The molecule has 2 nitrogen and oxygen atoms in total. The fourth-order valence-corrected chi connectivity index (χ4v) is 2.49. The Balaban J connectivity index is 2.69. The molecule has 0 heterocycles. The van der Waals surface area contributed by atoms with Crippen molar-refractivity contribution in [1.82, 2.24) is 0 Å². The number of carbonyl (C=O) groups is 1. The first-order chi connectivity index (χ1) is 5.10. The zero-order valence-electron chi connectivity index (χ0n) is 7.42.